The van der Waals surface area contributed by atoms with Crippen LogP contribution in [0, 0.1) is 0 Å². The molecule has 19 heavy (non-hydrogen) atoms. The van der Waals surface area contributed by atoms with E-state index < -0.39 is 6.61 Å². The van der Waals surface area contributed by atoms with Crippen molar-refractivity contribution < 1.29 is 13.5 Å². The Morgan fingerprint density at radius 2 is 1.42 bits per heavy atom. The molecule has 0 aliphatic heterocycles. The third-order valence-corrected chi connectivity index (χ3v) is 3.53. The Labute approximate surface area is 123 Å². The minimum absolute atomic E-state index is 0.0630. The Bertz CT molecular complexity index is 585. The molecule has 0 aliphatic rings. The van der Waals surface area contributed by atoms with Gasteiger partial charge < -0.3 is 4.74 Å². The molecule has 0 atom stereocenters. The minimum Gasteiger partial charge on any atom is -0.435 e. The van der Waals surface area contributed by atoms with Gasteiger partial charge in [-0.2, -0.15) is 8.78 Å². The van der Waals surface area contributed by atoms with E-state index in [9.17, 15) is 8.78 Å². The molecular weight excluding hydrogens is 316 g/mol. The van der Waals surface area contributed by atoms with Gasteiger partial charge in [0.25, 0.3) is 0 Å². The summed E-state index contributed by atoms with van der Waals surface area (Å²) in [6.45, 7) is -2.86. The van der Waals surface area contributed by atoms with Crippen molar-refractivity contribution in [2.24, 2.45) is 0 Å². The zero-order chi connectivity index (χ0) is 14.0. The summed E-state index contributed by atoms with van der Waals surface area (Å²) in [5.41, 5.74) is 1.22. The molecule has 0 fully saturated rings. The van der Waals surface area contributed by atoms with Crippen molar-refractivity contribution in [1.29, 1.82) is 0 Å². The normalized spacial score (nSPS) is 10.8. The van der Waals surface area contributed by atoms with Gasteiger partial charge in [-0.15, -0.1) is 0 Å². The van der Waals surface area contributed by atoms with E-state index in [-0.39, 0.29) is 5.75 Å². The fourth-order valence-electron chi connectivity index (χ4n) is 1.59. The van der Waals surface area contributed by atoms with Gasteiger partial charge in [-0.1, -0.05) is 46.9 Å². The Hall–Kier alpha value is -1.03. The third-order valence-electron chi connectivity index (χ3n) is 2.41. The van der Waals surface area contributed by atoms with E-state index in [0.717, 1.165) is 0 Å². The highest BCUT2D eigenvalue weighted by Gasteiger charge is 2.12. The lowest BCUT2D eigenvalue weighted by Gasteiger charge is -2.10. The summed E-state index contributed by atoms with van der Waals surface area (Å²) < 4.78 is 28.4. The van der Waals surface area contributed by atoms with Crippen LogP contribution in [0.25, 0.3) is 11.1 Å². The van der Waals surface area contributed by atoms with E-state index in [1.165, 1.54) is 12.1 Å². The fraction of sp³-hybridized carbons (Fsp3) is 0.0769. The molecule has 1 nitrogen and oxygen atoms in total. The summed E-state index contributed by atoms with van der Waals surface area (Å²) in [6.07, 6.45) is 0. The summed E-state index contributed by atoms with van der Waals surface area (Å²) in [7, 11) is 0. The van der Waals surface area contributed by atoms with Crippen LogP contribution in [-0.2, 0) is 0 Å². The molecular formula is C13H7Cl3F2O. The predicted octanol–water partition coefficient (Wildman–Crippen LogP) is 5.92. The number of benzene rings is 2. The van der Waals surface area contributed by atoms with Crippen LogP contribution >= 0.6 is 34.8 Å². The van der Waals surface area contributed by atoms with Gasteiger partial charge in [-0.25, -0.2) is 0 Å². The molecule has 0 heterocycles. The Morgan fingerprint density at radius 3 is 2.00 bits per heavy atom. The molecule has 0 amide bonds. The average Bonchev–Trinajstić information content (AvgIpc) is 2.36. The molecule has 0 unspecified atom stereocenters. The fourth-order valence-corrected chi connectivity index (χ4v) is 2.34. The van der Waals surface area contributed by atoms with Gasteiger partial charge in [-0.3, -0.25) is 0 Å². The van der Waals surface area contributed by atoms with Crippen LogP contribution in [0.1, 0.15) is 0 Å². The van der Waals surface area contributed by atoms with Crippen LogP contribution in [-0.4, -0.2) is 6.61 Å². The first-order chi connectivity index (χ1) is 8.99. The van der Waals surface area contributed by atoms with Crippen LogP contribution < -0.4 is 4.74 Å². The smallest absolute Gasteiger partial charge is 0.387 e. The number of rotatable bonds is 3. The van der Waals surface area contributed by atoms with Crippen LogP contribution in [0.4, 0.5) is 8.78 Å². The average molecular weight is 324 g/mol. The maximum Gasteiger partial charge on any atom is 0.387 e. The van der Waals surface area contributed by atoms with Gasteiger partial charge in [0.1, 0.15) is 5.75 Å². The zero-order valence-corrected chi connectivity index (χ0v) is 11.6. The standard InChI is InChI=1S/C13H7Cl3F2O/c14-9-5-6-10(15)12(16)11(9)7-1-3-8(4-2-7)19-13(17)18/h1-6,13H. The van der Waals surface area contributed by atoms with E-state index in [1.807, 2.05) is 0 Å². The largest absolute Gasteiger partial charge is 0.435 e. The summed E-state index contributed by atoms with van der Waals surface area (Å²) in [5.74, 6) is 0.0630. The third kappa shape index (κ3) is 3.30. The van der Waals surface area contributed by atoms with Crippen molar-refractivity contribution in [3.8, 4) is 16.9 Å². The Kier molecular flexibility index (Phi) is 4.50. The van der Waals surface area contributed by atoms with E-state index in [2.05, 4.69) is 4.74 Å². The molecule has 2 aromatic rings. The van der Waals surface area contributed by atoms with Crippen molar-refractivity contribution >= 4 is 34.8 Å². The van der Waals surface area contributed by atoms with Gasteiger partial charge in [0, 0.05) is 10.6 Å². The second kappa shape index (κ2) is 5.95. The van der Waals surface area contributed by atoms with E-state index in [4.69, 9.17) is 34.8 Å². The van der Waals surface area contributed by atoms with Gasteiger partial charge in [0.2, 0.25) is 0 Å². The molecule has 0 saturated carbocycles. The van der Waals surface area contributed by atoms with Crippen LogP contribution in [0.5, 0.6) is 5.75 Å². The topological polar surface area (TPSA) is 9.23 Å². The Balaban J connectivity index is 2.40. The van der Waals surface area contributed by atoms with Crippen molar-refractivity contribution in [2.45, 2.75) is 6.61 Å². The van der Waals surface area contributed by atoms with Crippen molar-refractivity contribution in [3.63, 3.8) is 0 Å². The molecule has 0 N–H and O–H groups in total. The van der Waals surface area contributed by atoms with Gasteiger partial charge in [0.05, 0.1) is 10.0 Å². The van der Waals surface area contributed by atoms with Gasteiger partial charge in [-0.05, 0) is 29.8 Å². The number of alkyl halides is 2. The molecule has 0 saturated heterocycles. The molecule has 0 bridgehead atoms. The van der Waals surface area contributed by atoms with E-state index in [0.29, 0.717) is 26.2 Å². The Morgan fingerprint density at radius 1 is 0.842 bits per heavy atom. The molecule has 0 spiro atoms. The second-order valence-corrected chi connectivity index (χ2v) is 4.81. The first-order valence-electron chi connectivity index (χ1n) is 5.18. The van der Waals surface area contributed by atoms with Crippen molar-refractivity contribution in [3.05, 3.63) is 51.5 Å². The number of ether oxygens (including phenoxy) is 1. The highest BCUT2D eigenvalue weighted by molar-refractivity contribution is 6.46. The van der Waals surface area contributed by atoms with Crippen molar-refractivity contribution in [1.82, 2.24) is 0 Å². The lowest BCUT2D eigenvalue weighted by atomic mass is 10.1. The van der Waals surface area contributed by atoms with Crippen LogP contribution in [0.2, 0.25) is 15.1 Å². The van der Waals surface area contributed by atoms with E-state index in [1.54, 1.807) is 24.3 Å². The first-order valence-corrected chi connectivity index (χ1v) is 6.31. The number of hydrogen-bond acceptors (Lipinski definition) is 1. The summed E-state index contributed by atoms with van der Waals surface area (Å²) >= 11 is 18.1. The van der Waals surface area contributed by atoms with Crippen molar-refractivity contribution in [2.75, 3.05) is 0 Å². The molecule has 0 radical (unpaired) electrons. The number of halogens is 5. The molecule has 0 aromatic heterocycles. The summed E-state index contributed by atoms with van der Waals surface area (Å²) in [5, 5.41) is 1.11. The zero-order valence-electron chi connectivity index (χ0n) is 9.34. The minimum atomic E-state index is -2.86. The monoisotopic (exact) mass is 322 g/mol. The molecule has 0 aliphatic carbocycles. The lowest BCUT2D eigenvalue weighted by molar-refractivity contribution is -0.0498. The highest BCUT2D eigenvalue weighted by atomic mass is 35.5. The van der Waals surface area contributed by atoms with Crippen LogP contribution in [0.3, 0.4) is 0 Å². The highest BCUT2D eigenvalue weighted by Crippen LogP contribution is 2.39. The quantitative estimate of drug-likeness (QED) is 0.637. The van der Waals surface area contributed by atoms with Crippen LogP contribution in [0.15, 0.2) is 36.4 Å². The summed E-state index contributed by atoms with van der Waals surface area (Å²) in [6, 6.07) is 9.20. The summed E-state index contributed by atoms with van der Waals surface area (Å²) in [4.78, 5) is 0. The van der Waals surface area contributed by atoms with Gasteiger partial charge in [0.15, 0.2) is 0 Å². The molecule has 2 rings (SSSR count). The molecule has 2 aromatic carbocycles. The maximum absolute atomic E-state index is 12.0. The maximum atomic E-state index is 12.0. The lowest BCUT2D eigenvalue weighted by Crippen LogP contribution is -2.01. The van der Waals surface area contributed by atoms with Gasteiger partial charge >= 0.3 is 6.61 Å². The SMILES string of the molecule is FC(F)Oc1ccc(-c2c(Cl)ccc(Cl)c2Cl)cc1. The molecule has 100 valence electrons. The van der Waals surface area contributed by atoms with E-state index >= 15 is 0 Å². The molecule has 6 heteroatoms. The first kappa shape index (κ1) is 14.4. The predicted molar refractivity (Wildman–Crippen MR) is 73.5 cm³/mol. The second-order valence-electron chi connectivity index (χ2n) is 3.62. The number of hydrogen-bond donors (Lipinski definition) is 0.